The average molecular weight is 309 g/mol. The Kier molecular flexibility index (Phi) is 5.65. The molecule has 116 valence electrons. The van der Waals surface area contributed by atoms with Crippen molar-refractivity contribution in [1.29, 1.82) is 0 Å². The lowest BCUT2D eigenvalue weighted by Crippen LogP contribution is -2.35. The van der Waals surface area contributed by atoms with Gasteiger partial charge in [0, 0.05) is 18.2 Å². The highest BCUT2D eigenvalue weighted by atomic mass is 35.5. The number of fused-ring (bicyclic) bond motifs is 1. The van der Waals surface area contributed by atoms with E-state index < -0.39 is 0 Å². The van der Waals surface area contributed by atoms with Gasteiger partial charge in [-0.15, -0.1) is 12.4 Å². The van der Waals surface area contributed by atoms with Crippen LogP contribution in [-0.2, 0) is 12.8 Å². The zero-order chi connectivity index (χ0) is 13.9. The Hall–Kier alpha value is -1.06. The van der Waals surface area contributed by atoms with E-state index in [0.29, 0.717) is 12.0 Å². The normalized spacial score (nSPS) is 24.0. The minimum atomic E-state index is 0. The van der Waals surface area contributed by atoms with Crippen LogP contribution >= 0.6 is 12.4 Å². The van der Waals surface area contributed by atoms with E-state index in [1.807, 2.05) is 6.07 Å². The van der Waals surface area contributed by atoms with Crippen molar-refractivity contribution < 1.29 is 4.79 Å². The summed E-state index contributed by atoms with van der Waals surface area (Å²) in [6.07, 6.45) is 8.07. The summed E-state index contributed by atoms with van der Waals surface area (Å²) in [5, 5.41) is 3.09. The number of nitrogens with two attached hydrogens (primary N) is 1. The molecule has 2 aliphatic carbocycles. The molecule has 1 amide bonds. The quantitative estimate of drug-likeness (QED) is 0.902. The molecular formula is C17H25ClN2O. The molecule has 0 aromatic heterocycles. The second-order valence-electron chi connectivity index (χ2n) is 6.34. The Morgan fingerprint density at radius 2 is 2.00 bits per heavy atom. The van der Waals surface area contributed by atoms with E-state index in [1.54, 1.807) is 0 Å². The monoisotopic (exact) mass is 308 g/mol. The second kappa shape index (κ2) is 7.28. The highest BCUT2D eigenvalue weighted by molar-refractivity contribution is 5.94. The number of nitrogens with one attached hydrogen (secondary N) is 1. The summed E-state index contributed by atoms with van der Waals surface area (Å²) in [6, 6.07) is 6.48. The summed E-state index contributed by atoms with van der Waals surface area (Å²) in [5.74, 6) is 0.621. The van der Waals surface area contributed by atoms with Crippen LogP contribution < -0.4 is 11.1 Å². The molecule has 0 saturated heterocycles. The lowest BCUT2D eigenvalue weighted by Gasteiger charge is -2.26. The topological polar surface area (TPSA) is 55.1 Å². The SMILES string of the molecule is Cl.NC1CCCC(CNC(=O)c2ccc3c(c2)CCC3)C1. The number of aryl methyl sites for hydroxylation is 2. The van der Waals surface area contributed by atoms with Gasteiger partial charge in [-0.3, -0.25) is 4.79 Å². The fourth-order valence-corrected chi connectivity index (χ4v) is 3.57. The molecule has 2 unspecified atom stereocenters. The van der Waals surface area contributed by atoms with E-state index in [1.165, 1.54) is 30.4 Å². The van der Waals surface area contributed by atoms with E-state index in [4.69, 9.17) is 5.73 Å². The zero-order valence-corrected chi connectivity index (χ0v) is 13.3. The van der Waals surface area contributed by atoms with Crippen molar-refractivity contribution in [2.75, 3.05) is 6.54 Å². The lowest BCUT2D eigenvalue weighted by molar-refractivity contribution is 0.0942. The first-order valence-electron chi connectivity index (χ1n) is 7.88. The van der Waals surface area contributed by atoms with Gasteiger partial charge >= 0.3 is 0 Å². The fourth-order valence-electron chi connectivity index (χ4n) is 3.57. The summed E-state index contributed by atoms with van der Waals surface area (Å²) < 4.78 is 0. The maximum absolute atomic E-state index is 12.2. The molecule has 3 N–H and O–H groups in total. The minimum absolute atomic E-state index is 0. The standard InChI is InChI=1S/C17H24N2O.ClH/c18-16-6-1-3-12(9-16)11-19-17(20)15-8-7-13-4-2-5-14(13)10-15;/h7-8,10,12,16H,1-6,9,11,18H2,(H,19,20);1H. The molecule has 3 nitrogen and oxygen atoms in total. The van der Waals surface area contributed by atoms with E-state index in [-0.39, 0.29) is 18.3 Å². The van der Waals surface area contributed by atoms with Crippen molar-refractivity contribution in [3.8, 4) is 0 Å². The average Bonchev–Trinajstić information content (AvgIpc) is 2.92. The van der Waals surface area contributed by atoms with Gasteiger partial charge in [0.2, 0.25) is 0 Å². The lowest BCUT2D eigenvalue weighted by atomic mass is 9.86. The first kappa shape index (κ1) is 16.3. The first-order valence-corrected chi connectivity index (χ1v) is 7.88. The van der Waals surface area contributed by atoms with Crippen molar-refractivity contribution in [2.45, 2.75) is 51.0 Å². The van der Waals surface area contributed by atoms with Gasteiger partial charge in [-0.25, -0.2) is 0 Å². The van der Waals surface area contributed by atoms with Crippen LogP contribution in [0.2, 0.25) is 0 Å². The third kappa shape index (κ3) is 3.98. The van der Waals surface area contributed by atoms with Crippen molar-refractivity contribution >= 4 is 18.3 Å². The predicted octanol–water partition coefficient (Wildman–Crippen LogP) is 2.84. The van der Waals surface area contributed by atoms with Crippen LogP contribution in [-0.4, -0.2) is 18.5 Å². The van der Waals surface area contributed by atoms with Crippen molar-refractivity contribution in [3.05, 3.63) is 34.9 Å². The van der Waals surface area contributed by atoms with E-state index in [9.17, 15) is 4.79 Å². The van der Waals surface area contributed by atoms with Crippen LogP contribution in [0.5, 0.6) is 0 Å². The summed E-state index contributed by atoms with van der Waals surface area (Å²) in [5.41, 5.74) is 9.58. The van der Waals surface area contributed by atoms with Gasteiger partial charge in [-0.1, -0.05) is 12.5 Å². The highest BCUT2D eigenvalue weighted by Crippen LogP contribution is 2.24. The summed E-state index contributed by atoms with van der Waals surface area (Å²) in [4.78, 5) is 12.2. The number of carbonyl (C=O) groups is 1. The van der Waals surface area contributed by atoms with Gasteiger partial charge in [0.25, 0.3) is 5.91 Å². The van der Waals surface area contributed by atoms with Gasteiger partial charge in [0.05, 0.1) is 0 Å². The predicted molar refractivity (Wildman–Crippen MR) is 88.0 cm³/mol. The number of hydrogen-bond acceptors (Lipinski definition) is 2. The van der Waals surface area contributed by atoms with Crippen LogP contribution in [0, 0.1) is 5.92 Å². The molecule has 0 aliphatic heterocycles. The van der Waals surface area contributed by atoms with Crippen molar-refractivity contribution in [1.82, 2.24) is 5.32 Å². The second-order valence-corrected chi connectivity index (χ2v) is 6.34. The van der Waals surface area contributed by atoms with Crippen LogP contribution in [0.4, 0.5) is 0 Å². The molecule has 0 bridgehead atoms. The van der Waals surface area contributed by atoms with Gasteiger partial charge in [0.1, 0.15) is 0 Å². The van der Waals surface area contributed by atoms with E-state index >= 15 is 0 Å². The number of halogens is 1. The number of benzene rings is 1. The minimum Gasteiger partial charge on any atom is -0.352 e. The van der Waals surface area contributed by atoms with E-state index in [2.05, 4.69) is 17.4 Å². The summed E-state index contributed by atoms with van der Waals surface area (Å²) in [6.45, 7) is 0.767. The summed E-state index contributed by atoms with van der Waals surface area (Å²) >= 11 is 0. The molecule has 2 atom stereocenters. The Labute approximate surface area is 133 Å². The maximum atomic E-state index is 12.2. The molecule has 1 aromatic rings. The van der Waals surface area contributed by atoms with Gasteiger partial charge in [-0.2, -0.15) is 0 Å². The molecule has 1 aromatic carbocycles. The largest absolute Gasteiger partial charge is 0.352 e. The number of carbonyl (C=O) groups excluding carboxylic acids is 1. The third-order valence-corrected chi connectivity index (χ3v) is 4.74. The number of rotatable bonds is 3. The molecule has 0 radical (unpaired) electrons. The van der Waals surface area contributed by atoms with Gasteiger partial charge < -0.3 is 11.1 Å². The Morgan fingerprint density at radius 1 is 1.19 bits per heavy atom. The van der Waals surface area contributed by atoms with Crippen LogP contribution in [0.25, 0.3) is 0 Å². The number of amides is 1. The molecule has 1 saturated carbocycles. The third-order valence-electron chi connectivity index (χ3n) is 4.74. The van der Waals surface area contributed by atoms with Crippen LogP contribution in [0.1, 0.15) is 53.6 Å². The van der Waals surface area contributed by atoms with Gasteiger partial charge in [0.15, 0.2) is 0 Å². The fraction of sp³-hybridized carbons (Fsp3) is 0.588. The van der Waals surface area contributed by atoms with E-state index in [0.717, 1.165) is 37.8 Å². The van der Waals surface area contributed by atoms with Crippen molar-refractivity contribution in [3.63, 3.8) is 0 Å². The Bertz CT molecular complexity index is 504. The molecule has 0 heterocycles. The van der Waals surface area contributed by atoms with Crippen LogP contribution in [0.15, 0.2) is 18.2 Å². The molecule has 0 spiro atoms. The van der Waals surface area contributed by atoms with Crippen molar-refractivity contribution in [2.24, 2.45) is 11.7 Å². The maximum Gasteiger partial charge on any atom is 0.251 e. The van der Waals surface area contributed by atoms with Gasteiger partial charge in [-0.05, 0) is 67.7 Å². The zero-order valence-electron chi connectivity index (χ0n) is 12.4. The Morgan fingerprint density at radius 3 is 2.81 bits per heavy atom. The molecular weight excluding hydrogens is 284 g/mol. The molecule has 4 heteroatoms. The Balaban J connectivity index is 0.00000161. The first-order chi connectivity index (χ1) is 9.72. The highest BCUT2D eigenvalue weighted by Gasteiger charge is 2.20. The molecule has 1 fully saturated rings. The number of hydrogen-bond donors (Lipinski definition) is 2. The summed E-state index contributed by atoms with van der Waals surface area (Å²) in [7, 11) is 0. The molecule has 21 heavy (non-hydrogen) atoms. The smallest absolute Gasteiger partial charge is 0.251 e. The van der Waals surface area contributed by atoms with Crippen LogP contribution in [0.3, 0.4) is 0 Å². The molecule has 3 rings (SSSR count). The molecule has 2 aliphatic rings.